The van der Waals surface area contributed by atoms with Crippen LogP contribution < -0.4 is 15.8 Å². The number of hydrogen-bond donors (Lipinski definition) is 4. The lowest BCUT2D eigenvalue weighted by molar-refractivity contribution is -0.144. The maximum atomic E-state index is 14.2. The molecule has 33 heavy (non-hydrogen) atoms. The number of rotatable bonds is 11. The Bertz CT molecular complexity index is 1050. The molecular formula is C23H28FN3O5S. The smallest absolute Gasteiger partial charge is 0.353 e. The molecule has 0 aliphatic rings. The van der Waals surface area contributed by atoms with E-state index in [2.05, 4.69) is 5.32 Å². The number of aliphatic carboxylic acids is 1. The first-order valence-electron chi connectivity index (χ1n) is 10.5. The van der Waals surface area contributed by atoms with E-state index in [4.69, 9.17) is 15.9 Å². The van der Waals surface area contributed by atoms with Crippen LogP contribution in [0.4, 0.5) is 4.39 Å². The van der Waals surface area contributed by atoms with E-state index < -0.39 is 29.2 Å². The Morgan fingerprint density at radius 1 is 1.21 bits per heavy atom. The van der Waals surface area contributed by atoms with E-state index in [-0.39, 0.29) is 34.4 Å². The van der Waals surface area contributed by atoms with Crippen molar-refractivity contribution in [3.05, 3.63) is 51.5 Å². The number of halogens is 1. The Labute approximate surface area is 195 Å². The molecule has 2 aromatic rings. The van der Waals surface area contributed by atoms with Gasteiger partial charge in [0.1, 0.15) is 16.8 Å². The number of carbonyl (C=O) groups is 3. The van der Waals surface area contributed by atoms with Crippen LogP contribution in [-0.4, -0.2) is 34.8 Å². The van der Waals surface area contributed by atoms with Crippen LogP contribution in [-0.2, 0) is 16.0 Å². The number of nitrogens with two attached hydrogens (primary N) is 1. The van der Waals surface area contributed by atoms with Crippen molar-refractivity contribution in [1.82, 2.24) is 5.32 Å². The molecule has 0 saturated carbocycles. The van der Waals surface area contributed by atoms with Gasteiger partial charge in [0.15, 0.2) is 11.6 Å². The first-order chi connectivity index (χ1) is 15.6. The van der Waals surface area contributed by atoms with Gasteiger partial charge in [0.05, 0.1) is 5.41 Å². The summed E-state index contributed by atoms with van der Waals surface area (Å²) in [5.41, 5.74) is 4.67. The zero-order valence-electron chi connectivity index (χ0n) is 18.7. The van der Waals surface area contributed by atoms with Gasteiger partial charge in [0, 0.05) is 10.4 Å². The quantitative estimate of drug-likeness (QED) is 0.168. The predicted octanol–water partition coefficient (Wildman–Crippen LogP) is 3.72. The SMILES string of the molecule is CCC(NC(=O)C(CC)(CC)Cc1ccc(C(=O)Oc2ccc(C(=N)N)cc2F)s1)C(=O)O. The van der Waals surface area contributed by atoms with Crippen molar-refractivity contribution < 1.29 is 28.6 Å². The monoisotopic (exact) mass is 477 g/mol. The standard InChI is InChI=1S/C23H28FN3O5S/c1-4-16(20(28)29)27-22(31)23(5-2,6-3)12-14-8-10-18(33-14)21(30)32-17-9-7-13(19(25)26)11-15(17)24/h7-11,16H,4-6,12H2,1-3H3,(H3,25,26)(H,27,31)(H,28,29). The van der Waals surface area contributed by atoms with Crippen molar-refractivity contribution in [2.24, 2.45) is 11.1 Å². The molecule has 2 rings (SSSR count). The highest BCUT2D eigenvalue weighted by atomic mass is 32.1. The van der Waals surface area contributed by atoms with Gasteiger partial charge in [0.25, 0.3) is 0 Å². The lowest BCUT2D eigenvalue weighted by atomic mass is 9.77. The molecule has 5 N–H and O–H groups in total. The van der Waals surface area contributed by atoms with Gasteiger partial charge in [-0.05, 0) is 56.0 Å². The van der Waals surface area contributed by atoms with E-state index in [0.717, 1.165) is 22.3 Å². The Hall–Kier alpha value is -3.27. The molecule has 178 valence electrons. The van der Waals surface area contributed by atoms with Crippen LogP contribution in [0.15, 0.2) is 30.3 Å². The predicted molar refractivity (Wildman–Crippen MR) is 123 cm³/mol. The fourth-order valence-corrected chi connectivity index (χ4v) is 4.40. The van der Waals surface area contributed by atoms with Gasteiger partial charge in [-0.1, -0.05) is 20.8 Å². The van der Waals surface area contributed by atoms with Gasteiger partial charge < -0.3 is 20.9 Å². The first-order valence-corrected chi connectivity index (χ1v) is 11.4. The van der Waals surface area contributed by atoms with Gasteiger partial charge in [-0.15, -0.1) is 11.3 Å². The van der Waals surface area contributed by atoms with Crippen LogP contribution >= 0.6 is 11.3 Å². The van der Waals surface area contributed by atoms with Gasteiger partial charge in [-0.3, -0.25) is 10.2 Å². The Balaban J connectivity index is 2.17. The number of esters is 1. The van der Waals surface area contributed by atoms with Crippen molar-refractivity contribution in [2.45, 2.75) is 52.5 Å². The molecule has 0 fully saturated rings. The van der Waals surface area contributed by atoms with E-state index in [0.29, 0.717) is 19.3 Å². The van der Waals surface area contributed by atoms with Crippen molar-refractivity contribution in [3.8, 4) is 5.75 Å². The fourth-order valence-electron chi connectivity index (χ4n) is 3.37. The zero-order chi connectivity index (χ0) is 24.8. The van der Waals surface area contributed by atoms with Gasteiger partial charge >= 0.3 is 11.9 Å². The number of ether oxygens (including phenoxy) is 1. The summed E-state index contributed by atoms with van der Waals surface area (Å²) < 4.78 is 19.3. The summed E-state index contributed by atoms with van der Waals surface area (Å²) in [5.74, 6) is -3.58. The molecule has 0 aliphatic heterocycles. The third-order valence-electron chi connectivity index (χ3n) is 5.67. The highest BCUT2D eigenvalue weighted by Gasteiger charge is 2.37. The van der Waals surface area contributed by atoms with E-state index in [1.54, 1.807) is 19.1 Å². The number of nitrogen functional groups attached to an aromatic ring is 1. The molecule has 10 heteroatoms. The Morgan fingerprint density at radius 3 is 2.39 bits per heavy atom. The first kappa shape index (κ1) is 26.0. The molecule has 0 aliphatic carbocycles. The second-order valence-corrected chi connectivity index (χ2v) is 8.82. The van der Waals surface area contributed by atoms with Crippen molar-refractivity contribution in [3.63, 3.8) is 0 Å². The summed E-state index contributed by atoms with van der Waals surface area (Å²) in [6.45, 7) is 5.41. The second kappa shape index (κ2) is 11.0. The maximum absolute atomic E-state index is 14.2. The van der Waals surface area contributed by atoms with E-state index >= 15 is 0 Å². The van der Waals surface area contributed by atoms with Crippen LogP contribution in [0.2, 0.25) is 0 Å². The van der Waals surface area contributed by atoms with Gasteiger partial charge in [-0.25, -0.2) is 14.0 Å². The van der Waals surface area contributed by atoms with Crippen molar-refractivity contribution in [1.29, 1.82) is 5.41 Å². The van der Waals surface area contributed by atoms with Crippen molar-refractivity contribution in [2.75, 3.05) is 0 Å². The molecule has 1 amide bonds. The van der Waals surface area contributed by atoms with Crippen LogP contribution in [0.3, 0.4) is 0 Å². The largest absolute Gasteiger partial charge is 0.480 e. The molecule has 0 spiro atoms. The average molecular weight is 478 g/mol. The molecule has 1 atom stereocenters. The number of carbonyl (C=O) groups excluding carboxylic acids is 2. The van der Waals surface area contributed by atoms with E-state index in [9.17, 15) is 23.9 Å². The molecule has 1 aromatic heterocycles. The van der Waals surface area contributed by atoms with Crippen LogP contribution in [0, 0.1) is 16.6 Å². The summed E-state index contributed by atoms with van der Waals surface area (Å²) >= 11 is 1.13. The number of nitrogens with one attached hydrogen (secondary N) is 2. The molecule has 1 heterocycles. The van der Waals surface area contributed by atoms with E-state index in [1.807, 2.05) is 13.8 Å². The Kier molecular flexibility index (Phi) is 8.69. The van der Waals surface area contributed by atoms with Gasteiger partial charge in [-0.2, -0.15) is 0 Å². The maximum Gasteiger partial charge on any atom is 0.353 e. The molecule has 0 saturated heterocycles. The summed E-state index contributed by atoms with van der Waals surface area (Å²) in [7, 11) is 0. The number of carboxylic acid groups (broad SMARTS) is 1. The minimum Gasteiger partial charge on any atom is -0.480 e. The average Bonchev–Trinajstić information content (AvgIpc) is 3.25. The summed E-state index contributed by atoms with van der Waals surface area (Å²) in [5, 5.41) is 19.2. The molecule has 0 radical (unpaired) electrons. The molecule has 1 unspecified atom stereocenters. The molecule has 0 bridgehead atoms. The van der Waals surface area contributed by atoms with Crippen LogP contribution in [0.5, 0.6) is 5.75 Å². The van der Waals surface area contributed by atoms with Crippen molar-refractivity contribution >= 4 is 35.0 Å². The number of carboxylic acids is 1. The van der Waals surface area contributed by atoms with Crippen LogP contribution in [0.25, 0.3) is 0 Å². The second-order valence-electron chi connectivity index (χ2n) is 7.65. The number of benzene rings is 1. The number of thiophene rings is 1. The van der Waals surface area contributed by atoms with E-state index in [1.165, 1.54) is 12.1 Å². The lowest BCUT2D eigenvalue weighted by Gasteiger charge is -2.31. The molecule has 1 aromatic carbocycles. The third-order valence-corrected chi connectivity index (χ3v) is 6.73. The normalized spacial score (nSPS) is 12.1. The van der Waals surface area contributed by atoms with Gasteiger partial charge in [0.2, 0.25) is 5.91 Å². The summed E-state index contributed by atoms with van der Waals surface area (Å²) in [6.07, 6.45) is 1.55. The highest BCUT2D eigenvalue weighted by Crippen LogP contribution is 2.34. The van der Waals surface area contributed by atoms with Crippen LogP contribution in [0.1, 0.15) is 60.1 Å². The number of amidine groups is 1. The lowest BCUT2D eigenvalue weighted by Crippen LogP contribution is -2.48. The summed E-state index contributed by atoms with van der Waals surface area (Å²) in [6, 6.07) is 5.91. The number of hydrogen-bond acceptors (Lipinski definition) is 6. The highest BCUT2D eigenvalue weighted by molar-refractivity contribution is 7.14. The minimum atomic E-state index is -1.09. The fraction of sp³-hybridized carbons (Fsp3) is 0.391. The molecular weight excluding hydrogens is 449 g/mol. The molecule has 8 nitrogen and oxygen atoms in total. The number of amides is 1. The Morgan fingerprint density at radius 2 is 1.88 bits per heavy atom. The minimum absolute atomic E-state index is 0.174. The summed E-state index contributed by atoms with van der Waals surface area (Å²) in [4.78, 5) is 37.8. The zero-order valence-corrected chi connectivity index (χ0v) is 19.6. The topological polar surface area (TPSA) is 143 Å². The third kappa shape index (κ3) is 6.16.